The Morgan fingerprint density at radius 3 is 2.39 bits per heavy atom. The van der Waals surface area contributed by atoms with Crippen LogP contribution < -0.4 is 11.1 Å². The molecule has 0 spiro atoms. The molecule has 1 aliphatic rings. The van der Waals surface area contributed by atoms with Crippen molar-refractivity contribution in [2.75, 3.05) is 19.7 Å². The summed E-state index contributed by atoms with van der Waals surface area (Å²) in [5.74, 6) is 1.41. The van der Waals surface area contributed by atoms with Gasteiger partial charge in [0.2, 0.25) is 0 Å². The van der Waals surface area contributed by atoms with Gasteiger partial charge < -0.3 is 15.8 Å². The normalized spacial score (nSPS) is 32.3. The van der Waals surface area contributed by atoms with Crippen molar-refractivity contribution in [3.05, 3.63) is 0 Å². The largest absolute Gasteiger partial charge is 0.378 e. The van der Waals surface area contributed by atoms with Crippen LogP contribution in [0.15, 0.2) is 0 Å². The van der Waals surface area contributed by atoms with E-state index in [9.17, 15) is 0 Å². The lowest BCUT2D eigenvalue weighted by atomic mass is 9.54. The maximum absolute atomic E-state index is 6.52. The molecular weight excluding hydrogens is 224 g/mol. The molecule has 3 atom stereocenters. The van der Waals surface area contributed by atoms with Crippen molar-refractivity contribution in [3.8, 4) is 0 Å². The van der Waals surface area contributed by atoms with Crippen molar-refractivity contribution in [2.45, 2.75) is 59.6 Å². The Kier molecular flexibility index (Phi) is 5.22. The quantitative estimate of drug-likeness (QED) is 0.735. The fraction of sp³-hybridized carbons (Fsp3) is 1.00. The van der Waals surface area contributed by atoms with Gasteiger partial charge in [0.25, 0.3) is 0 Å². The van der Waals surface area contributed by atoms with Gasteiger partial charge in [0.05, 0.1) is 6.10 Å². The molecule has 0 saturated heterocycles. The molecule has 1 fully saturated rings. The van der Waals surface area contributed by atoms with Crippen LogP contribution in [0.25, 0.3) is 0 Å². The summed E-state index contributed by atoms with van der Waals surface area (Å²) in [6.45, 7) is 16.0. The summed E-state index contributed by atoms with van der Waals surface area (Å²) in [6.07, 6.45) is 1.29. The van der Waals surface area contributed by atoms with Crippen molar-refractivity contribution >= 4 is 0 Å². The third-order valence-corrected chi connectivity index (χ3v) is 5.05. The van der Waals surface area contributed by atoms with Crippen LogP contribution in [-0.4, -0.2) is 31.3 Å². The number of nitrogens with two attached hydrogens (primary N) is 1. The van der Waals surface area contributed by atoms with Crippen molar-refractivity contribution in [3.63, 3.8) is 0 Å². The lowest BCUT2D eigenvalue weighted by Gasteiger charge is -2.59. The summed E-state index contributed by atoms with van der Waals surface area (Å²) in [7, 11) is 0. The molecule has 0 bridgehead atoms. The number of hydrogen-bond donors (Lipinski definition) is 2. The van der Waals surface area contributed by atoms with Gasteiger partial charge in [0.15, 0.2) is 0 Å². The van der Waals surface area contributed by atoms with Gasteiger partial charge in [-0.15, -0.1) is 0 Å². The molecule has 3 heteroatoms. The Bertz CT molecular complexity index is 265. The smallest absolute Gasteiger partial charge is 0.0662 e. The first-order chi connectivity index (χ1) is 8.24. The zero-order valence-electron chi connectivity index (χ0n) is 13.0. The lowest BCUT2D eigenvalue weighted by molar-refractivity contribution is -0.148. The number of hydrogen-bond acceptors (Lipinski definition) is 3. The van der Waals surface area contributed by atoms with Crippen molar-refractivity contribution in [2.24, 2.45) is 23.0 Å². The summed E-state index contributed by atoms with van der Waals surface area (Å²) in [5.41, 5.74) is 6.47. The van der Waals surface area contributed by atoms with Crippen molar-refractivity contribution < 1.29 is 4.74 Å². The van der Waals surface area contributed by atoms with Crippen LogP contribution in [0.1, 0.15) is 48.0 Å². The van der Waals surface area contributed by atoms with Gasteiger partial charge in [-0.25, -0.2) is 0 Å². The van der Waals surface area contributed by atoms with Gasteiger partial charge in [-0.3, -0.25) is 0 Å². The van der Waals surface area contributed by atoms with Gasteiger partial charge in [-0.1, -0.05) is 34.6 Å². The highest BCUT2D eigenvalue weighted by molar-refractivity contribution is 5.14. The van der Waals surface area contributed by atoms with Gasteiger partial charge in [-0.05, 0) is 31.7 Å². The van der Waals surface area contributed by atoms with Crippen LogP contribution in [0.4, 0.5) is 0 Å². The first-order valence-electron chi connectivity index (χ1n) is 7.35. The van der Waals surface area contributed by atoms with E-state index in [1.54, 1.807) is 0 Å². The molecule has 0 heterocycles. The van der Waals surface area contributed by atoms with E-state index in [1.807, 2.05) is 0 Å². The minimum atomic E-state index is -0.121. The Labute approximate surface area is 113 Å². The summed E-state index contributed by atoms with van der Waals surface area (Å²) >= 11 is 0. The minimum Gasteiger partial charge on any atom is -0.378 e. The Balaban J connectivity index is 2.39. The summed E-state index contributed by atoms with van der Waals surface area (Å²) < 4.78 is 5.75. The SMILES string of the molecule is CCOC1CC(N)(CNCC(C)C(C)C)C1(C)C. The zero-order chi connectivity index (χ0) is 14.0. The topological polar surface area (TPSA) is 47.3 Å². The van der Waals surface area contributed by atoms with E-state index < -0.39 is 0 Å². The van der Waals surface area contributed by atoms with E-state index in [2.05, 4.69) is 46.9 Å². The Hall–Kier alpha value is -0.120. The Morgan fingerprint density at radius 1 is 1.33 bits per heavy atom. The van der Waals surface area contributed by atoms with Gasteiger partial charge in [0, 0.05) is 24.1 Å². The fourth-order valence-corrected chi connectivity index (χ4v) is 2.57. The van der Waals surface area contributed by atoms with E-state index in [0.29, 0.717) is 12.0 Å². The van der Waals surface area contributed by atoms with Crippen LogP contribution in [0.2, 0.25) is 0 Å². The predicted molar refractivity (Wildman–Crippen MR) is 77.6 cm³/mol. The number of nitrogens with one attached hydrogen (secondary N) is 1. The second-order valence-electron chi connectivity index (χ2n) is 6.88. The molecule has 3 N–H and O–H groups in total. The van der Waals surface area contributed by atoms with Crippen LogP contribution in [-0.2, 0) is 4.74 Å². The van der Waals surface area contributed by atoms with Crippen LogP contribution >= 0.6 is 0 Å². The molecule has 108 valence electrons. The highest BCUT2D eigenvalue weighted by Gasteiger charge is 2.58. The van der Waals surface area contributed by atoms with E-state index >= 15 is 0 Å². The standard InChI is InChI=1S/C15H32N2O/c1-7-18-13-8-15(16,14(13,5)6)10-17-9-12(4)11(2)3/h11-13,17H,7-10,16H2,1-6H3. The fourth-order valence-electron chi connectivity index (χ4n) is 2.57. The molecule has 3 unspecified atom stereocenters. The van der Waals surface area contributed by atoms with Crippen LogP contribution in [0.5, 0.6) is 0 Å². The number of rotatable bonds is 7. The number of ether oxygens (including phenoxy) is 1. The molecule has 0 aromatic rings. The first-order valence-corrected chi connectivity index (χ1v) is 7.35. The second-order valence-corrected chi connectivity index (χ2v) is 6.88. The summed E-state index contributed by atoms with van der Waals surface area (Å²) in [6, 6.07) is 0. The van der Waals surface area contributed by atoms with Crippen LogP contribution in [0, 0.1) is 17.3 Å². The Morgan fingerprint density at radius 2 is 1.94 bits per heavy atom. The highest BCUT2D eigenvalue weighted by atomic mass is 16.5. The van der Waals surface area contributed by atoms with Crippen molar-refractivity contribution in [1.82, 2.24) is 5.32 Å². The third kappa shape index (κ3) is 3.06. The molecule has 1 aliphatic carbocycles. The lowest BCUT2D eigenvalue weighted by Crippen LogP contribution is -2.73. The maximum Gasteiger partial charge on any atom is 0.0662 e. The second kappa shape index (κ2) is 5.89. The third-order valence-electron chi connectivity index (χ3n) is 5.05. The molecule has 3 nitrogen and oxygen atoms in total. The molecule has 1 saturated carbocycles. The van der Waals surface area contributed by atoms with E-state index in [1.165, 1.54) is 0 Å². The zero-order valence-corrected chi connectivity index (χ0v) is 13.0. The average molecular weight is 256 g/mol. The van der Waals surface area contributed by atoms with E-state index in [0.717, 1.165) is 32.0 Å². The van der Waals surface area contributed by atoms with Gasteiger partial charge in [-0.2, -0.15) is 0 Å². The molecule has 0 aromatic carbocycles. The molecule has 18 heavy (non-hydrogen) atoms. The van der Waals surface area contributed by atoms with Gasteiger partial charge in [0.1, 0.15) is 0 Å². The average Bonchev–Trinajstić information content (AvgIpc) is 2.28. The predicted octanol–water partition coefficient (Wildman–Crippen LogP) is 2.40. The molecular formula is C15H32N2O. The minimum absolute atomic E-state index is 0.0665. The summed E-state index contributed by atoms with van der Waals surface area (Å²) in [5, 5.41) is 3.55. The monoisotopic (exact) mass is 256 g/mol. The van der Waals surface area contributed by atoms with E-state index in [-0.39, 0.29) is 11.0 Å². The maximum atomic E-state index is 6.52. The highest BCUT2D eigenvalue weighted by Crippen LogP contribution is 2.49. The van der Waals surface area contributed by atoms with Crippen molar-refractivity contribution in [1.29, 1.82) is 0 Å². The van der Waals surface area contributed by atoms with Gasteiger partial charge >= 0.3 is 0 Å². The van der Waals surface area contributed by atoms with Crippen LogP contribution in [0.3, 0.4) is 0 Å². The molecule has 0 amide bonds. The molecule has 1 rings (SSSR count). The molecule has 0 aromatic heterocycles. The molecule has 0 aliphatic heterocycles. The summed E-state index contributed by atoms with van der Waals surface area (Å²) in [4.78, 5) is 0. The van der Waals surface area contributed by atoms with E-state index in [4.69, 9.17) is 10.5 Å². The molecule has 0 radical (unpaired) electrons. The first kappa shape index (κ1) is 15.9.